The first-order valence-corrected chi connectivity index (χ1v) is 21.8. The summed E-state index contributed by atoms with van der Waals surface area (Å²) in [5, 5.41) is 26.3. The maximum absolute atomic E-state index is 14.2. The van der Waals surface area contributed by atoms with E-state index in [0.717, 1.165) is 74.1 Å². The second-order valence-electron chi connectivity index (χ2n) is 21.4. The number of hydrogen-bond donors (Lipinski definition) is 3. The van der Waals surface area contributed by atoms with Gasteiger partial charge in [0.1, 0.15) is 6.10 Å². The number of hydrogen-bond acceptors (Lipinski definition) is 7. The van der Waals surface area contributed by atoms with Gasteiger partial charge in [0, 0.05) is 41.9 Å². The Balaban J connectivity index is 1.25. The van der Waals surface area contributed by atoms with E-state index in [1.165, 1.54) is 11.1 Å². The third kappa shape index (κ3) is 7.02. The van der Waals surface area contributed by atoms with Crippen LogP contribution >= 0.6 is 11.6 Å². The van der Waals surface area contributed by atoms with Crippen LogP contribution in [-0.2, 0) is 32.2 Å². The van der Waals surface area contributed by atoms with Crippen LogP contribution in [0.3, 0.4) is 0 Å². The molecule has 0 bridgehead atoms. The van der Waals surface area contributed by atoms with Gasteiger partial charge in [0.2, 0.25) is 0 Å². The number of carbonyl (C=O) groups excluding carboxylic acids is 2. The van der Waals surface area contributed by atoms with Crippen LogP contribution in [0.25, 0.3) is 0 Å². The Morgan fingerprint density at radius 2 is 1.66 bits per heavy atom. The lowest BCUT2D eigenvalue weighted by molar-refractivity contribution is -0.235. The molecular formula is C47H71ClN2O6. The number of nitrogens with zero attached hydrogens (tertiary/aromatic N) is 1. The average Bonchev–Trinajstić information content (AvgIpc) is 3.40. The highest BCUT2D eigenvalue weighted by Crippen LogP contribution is 2.77. The number of aliphatic hydroxyl groups excluding tert-OH is 1. The Morgan fingerprint density at radius 1 is 0.964 bits per heavy atom. The van der Waals surface area contributed by atoms with Crippen LogP contribution in [0.2, 0.25) is 5.02 Å². The molecule has 0 aliphatic heterocycles. The standard InChI is InChI=1S/C47H71ClN2O6/c1-28(2)39-33(51)23-47(36(52)26-49-25-29-12-13-31(48)22-30(29)27-50(10)11)21-20-45(8)32(40(39)47)14-15-35-44(7)18-17-37(56-38(53)24-42(3,4)41(54)55)43(5,6)34(44)16-19-46(35,45)9/h12-13,22,28,32,34-37,49,52H,14-21,23-27H2,1-11H3,(H,54,55). The van der Waals surface area contributed by atoms with Gasteiger partial charge in [-0.1, -0.05) is 71.7 Å². The molecule has 9 heteroatoms. The van der Waals surface area contributed by atoms with Crippen LogP contribution in [0.15, 0.2) is 29.3 Å². The molecule has 0 amide bonds. The predicted octanol–water partition coefficient (Wildman–Crippen LogP) is 9.25. The lowest BCUT2D eigenvalue weighted by atomic mass is 9.33. The molecule has 1 aromatic rings. The van der Waals surface area contributed by atoms with Gasteiger partial charge in [-0.3, -0.25) is 14.4 Å². The molecule has 0 aromatic heterocycles. The molecule has 9 unspecified atom stereocenters. The number of nitrogens with one attached hydrogen (secondary N) is 1. The lowest BCUT2D eigenvalue weighted by Crippen LogP contribution is -2.66. The fourth-order valence-electron chi connectivity index (χ4n) is 13.7. The summed E-state index contributed by atoms with van der Waals surface area (Å²) in [7, 11) is 4.10. The van der Waals surface area contributed by atoms with Gasteiger partial charge in [0.05, 0.1) is 17.9 Å². The Labute approximate surface area is 341 Å². The first-order chi connectivity index (χ1) is 25.9. The van der Waals surface area contributed by atoms with Crippen LogP contribution in [0.4, 0.5) is 0 Å². The molecule has 0 saturated heterocycles. The number of aliphatic carboxylic acids is 1. The Morgan fingerprint density at radius 3 is 2.30 bits per heavy atom. The van der Waals surface area contributed by atoms with Crippen molar-refractivity contribution in [1.29, 1.82) is 0 Å². The van der Waals surface area contributed by atoms with E-state index in [9.17, 15) is 24.6 Å². The maximum atomic E-state index is 14.2. The monoisotopic (exact) mass is 795 g/mol. The van der Waals surface area contributed by atoms with E-state index in [-0.39, 0.29) is 51.8 Å². The van der Waals surface area contributed by atoms with Crippen LogP contribution in [0.5, 0.6) is 0 Å². The number of halogens is 1. The van der Waals surface area contributed by atoms with Crippen molar-refractivity contribution in [1.82, 2.24) is 10.2 Å². The molecule has 9 atom stereocenters. The Hall–Kier alpha value is -2.26. The number of benzene rings is 1. The summed E-state index contributed by atoms with van der Waals surface area (Å²) in [4.78, 5) is 41.2. The van der Waals surface area contributed by atoms with Crippen LogP contribution in [-0.4, -0.2) is 65.7 Å². The first-order valence-electron chi connectivity index (χ1n) is 21.5. The van der Waals surface area contributed by atoms with Crippen LogP contribution in [0.1, 0.15) is 138 Å². The van der Waals surface area contributed by atoms with Crippen LogP contribution in [0, 0.1) is 56.2 Å². The zero-order valence-corrected chi connectivity index (χ0v) is 37.0. The van der Waals surface area contributed by atoms with Gasteiger partial charge in [-0.25, -0.2) is 0 Å². The van der Waals surface area contributed by atoms with E-state index in [1.807, 2.05) is 12.1 Å². The summed E-state index contributed by atoms with van der Waals surface area (Å²) in [5.74, 6) is -0.00510. The number of fused-ring (bicyclic) bond motifs is 7. The third-order valence-electron chi connectivity index (χ3n) is 16.8. The van der Waals surface area contributed by atoms with Gasteiger partial charge in [0.25, 0.3) is 0 Å². The number of esters is 1. The zero-order valence-electron chi connectivity index (χ0n) is 36.2. The molecule has 5 aliphatic carbocycles. The van der Waals surface area contributed by atoms with E-state index >= 15 is 0 Å². The number of ketones is 1. The molecule has 0 heterocycles. The summed E-state index contributed by atoms with van der Waals surface area (Å²) in [5.41, 5.74) is 2.70. The fraction of sp³-hybridized carbons (Fsp3) is 0.766. The van der Waals surface area contributed by atoms with E-state index in [2.05, 4.69) is 78.8 Å². The number of carbonyl (C=O) groups is 3. The van der Waals surface area contributed by atoms with Gasteiger partial charge >= 0.3 is 11.9 Å². The van der Waals surface area contributed by atoms with Gasteiger partial charge in [-0.05, 0) is 148 Å². The van der Waals surface area contributed by atoms with Crippen molar-refractivity contribution in [3.05, 3.63) is 45.5 Å². The predicted molar refractivity (Wildman–Crippen MR) is 222 cm³/mol. The van der Waals surface area contributed by atoms with Crippen molar-refractivity contribution in [2.45, 2.75) is 152 Å². The minimum atomic E-state index is -1.17. The van der Waals surface area contributed by atoms with Gasteiger partial charge < -0.3 is 25.2 Å². The summed E-state index contributed by atoms with van der Waals surface area (Å²) in [6, 6.07) is 6.03. The Kier molecular flexibility index (Phi) is 11.7. The number of allylic oxidation sites excluding steroid dienone is 1. The smallest absolute Gasteiger partial charge is 0.309 e. The molecule has 3 N–H and O–H groups in total. The molecule has 6 rings (SSSR count). The molecule has 5 aliphatic rings. The minimum Gasteiger partial charge on any atom is -0.481 e. The summed E-state index contributed by atoms with van der Waals surface area (Å²) in [6.07, 6.45) is 7.09. The number of rotatable bonds is 12. The average molecular weight is 796 g/mol. The van der Waals surface area contributed by atoms with Gasteiger partial charge in [-0.2, -0.15) is 0 Å². The molecule has 8 nitrogen and oxygen atoms in total. The van der Waals surface area contributed by atoms with Crippen molar-refractivity contribution < 1.29 is 29.3 Å². The van der Waals surface area contributed by atoms with Crippen molar-refractivity contribution in [3.8, 4) is 0 Å². The largest absolute Gasteiger partial charge is 0.481 e. The second kappa shape index (κ2) is 15.1. The number of carboxylic acid groups (broad SMARTS) is 1. The van der Waals surface area contributed by atoms with Crippen molar-refractivity contribution in [2.75, 3.05) is 20.6 Å². The van der Waals surface area contributed by atoms with Crippen molar-refractivity contribution in [3.63, 3.8) is 0 Å². The highest BCUT2D eigenvalue weighted by atomic mass is 35.5. The van der Waals surface area contributed by atoms with E-state index < -0.39 is 28.9 Å². The van der Waals surface area contributed by atoms with E-state index in [0.29, 0.717) is 31.3 Å². The minimum absolute atomic E-state index is 0.0269. The number of ether oxygens (including phenoxy) is 1. The first kappa shape index (κ1) is 43.3. The normalized spacial score (nSPS) is 35.8. The van der Waals surface area contributed by atoms with Gasteiger partial charge in [-0.15, -0.1) is 0 Å². The SMILES string of the molecule is CC(C)C1=C2C3CCC4C5(C)CCC(OC(=O)CC(C)(C)C(=O)O)C(C)(C)C5CCC4(C)C3(C)CCC2(C(O)CNCc2ccc(Cl)cc2CN(C)C)CC1=O. The van der Waals surface area contributed by atoms with Crippen LogP contribution < -0.4 is 5.32 Å². The molecular weight excluding hydrogens is 724 g/mol. The number of carboxylic acids is 1. The lowest BCUT2D eigenvalue weighted by Gasteiger charge is -2.72. The third-order valence-corrected chi connectivity index (χ3v) is 17.0. The summed E-state index contributed by atoms with van der Waals surface area (Å²) >= 11 is 6.37. The molecule has 0 radical (unpaired) electrons. The molecule has 1 aromatic carbocycles. The maximum Gasteiger partial charge on any atom is 0.309 e. The van der Waals surface area contributed by atoms with Crippen molar-refractivity contribution >= 4 is 29.3 Å². The Bertz CT molecular complexity index is 1750. The number of Topliss-reactive ketones (excluding diaryl/α,β-unsaturated/α-hetero) is 1. The molecule has 312 valence electrons. The van der Waals surface area contributed by atoms with E-state index in [4.69, 9.17) is 16.3 Å². The zero-order chi connectivity index (χ0) is 41.4. The van der Waals surface area contributed by atoms with Gasteiger partial charge in [0.15, 0.2) is 5.78 Å². The highest BCUT2D eigenvalue weighted by Gasteiger charge is 2.70. The highest BCUT2D eigenvalue weighted by molar-refractivity contribution is 6.30. The number of aliphatic hydroxyl groups is 1. The molecule has 4 fully saturated rings. The van der Waals surface area contributed by atoms with E-state index in [1.54, 1.807) is 13.8 Å². The molecule has 4 saturated carbocycles. The second-order valence-corrected chi connectivity index (χ2v) is 21.8. The molecule has 0 spiro atoms. The summed E-state index contributed by atoms with van der Waals surface area (Å²) < 4.78 is 6.18. The topological polar surface area (TPSA) is 116 Å². The fourth-order valence-corrected chi connectivity index (χ4v) is 13.9. The quantitative estimate of drug-likeness (QED) is 0.180. The summed E-state index contributed by atoms with van der Waals surface area (Å²) in [6.45, 7) is 21.5. The molecule has 56 heavy (non-hydrogen) atoms. The van der Waals surface area contributed by atoms with Crippen molar-refractivity contribution in [2.24, 2.45) is 56.2 Å².